The molecule has 21 heavy (non-hydrogen) atoms. The second-order valence-corrected chi connectivity index (χ2v) is 4.29. The molecule has 0 spiro atoms. The molecule has 1 amide bonds. The highest BCUT2D eigenvalue weighted by molar-refractivity contribution is 6.36. The van der Waals surface area contributed by atoms with Crippen molar-refractivity contribution in [2.45, 2.75) is 19.1 Å². The lowest BCUT2D eigenvalue weighted by Gasteiger charge is -2.09. The predicted octanol–water partition coefficient (Wildman–Crippen LogP) is 0.440. The van der Waals surface area contributed by atoms with Gasteiger partial charge in [-0.2, -0.15) is 0 Å². The van der Waals surface area contributed by atoms with Gasteiger partial charge >= 0.3 is 5.97 Å². The van der Waals surface area contributed by atoms with Crippen LogP contribution in [0.1, 0.15) is 12.0 Å². The van der Waals surface area contributed by atoms with Gasteiger partial charge in [0.1, 0.15) is 0 Å². The van der Waals surface area contributed by atoms with Crippen molar-refractivity contribution in [2.75, 3.05) is 0 Å². The molecule has 1 aliphatic rings. The number of non-ortho nitro benzene ring substituents is 1. The van der Waals surface area contributed by atoms with Gasteiger partial charge in [0.15, 0.2) is 5.71 Å². The highest BCUT2D eigenvalue weighted by atomic mass is 16.6. The predicted molar refractivity (Wildman–Crippen MR) is 69.5 cm³/mol. The van der Waals surface area contributed by atoms with Crippen LogP contribution in [0.3, 0.4) is 0 Å². The summed E-state index contributed by atoms with van der Waals surface area (Å²) in [5.74, 6) is -1.76. The average molecular weight is 293 g/mol. The molecule has 0 fully saturated rings. The Morgan fingerprint density at radius 3 is 2.90 bits per heavy atom. The first-order valence-electron chi connectivity index (χ1n) is 5.94. The molecule has 1 aromatic carbocycles. The van der Waals surface area contributed by atoms with Crippen LogP contribution in [0.15, 0.2) is 29.4 Å². The molecule has 1 aliphatic heterocycles. The number of carbonyl (C=O) groups excluding carboxylic acids is 1. The van der Waals surface area contributed by atoms with Crippen molar-refractivity contribution in [1.82, 2.24) is 5.32 Å². The Morgan fingerprint density at radius 2 is 2.29 bits per heavy atom. The van der Waals surface area contributed by atoms with E-state index in [4.69, 9.17) is 9.94 Å². The third kappa shape index (κ3) is 3.53. The number of amides is 1. The number of carbonyl (C=O) groups is 2. The molecule has 1 heterocycles. The van der Waals surface area contributed by atoms with Crippen LogP contribution in [0, 0.1) is 10.1 Å². The maximum absolute atomic E-state index is 11.8. The summed E-state index contributed by atoms with van der Waals surface area (Å²) in [4.78, 5) is 37.2. The van der Waals surface area contributed by atoms with Crippen LogP contribution in [0.2, 0.25) is 0 Å². The van der Waals surface area contributed by atoms with Gasteiger partial charge in [-0.05, 0) is 5.56 Å². The zero-order valence-corrected chi connectivity index (χ0v) is 10.7. The van der Waals surface area contributed by atoms with E-state index in [1.165, 1.54) is 18.2 Å². The van der Waals surface area contributed by atoms with E-state index in [9.17, 15) is 19.7 Å². The van der Waals surface area contributed by atoms with E-state index in [1.54, 1.807) is 6.07 Å². The zero-order chi connectivity index (χ0) is 15.4. The van der Waals surface area contributed by atoms with Gasteiger partial charge in [0, 0.05) is 25.1 Å². The number of carboxylic acids is 1. The second-order valence-electron chi connectivity index (χ2n) is 4.29. The average Bonchev–Trinajstić information content (AvgIpc) is 2.95. The first-order chi connectivity index (χ1) is 9.97. The van der Waals surface area contributed by atoms with E-state index in [1.807, 2.05) is 0 Å². The Bertz CT molecular complexity index is 627. The highest BCUT2D eigenvalue weighted by Gasteiger charge is 2.31. The number of carboxylic acid groups (broad SMARTS) is 1. The number of rotatable bonds is 5. The smallest absolute Gasteiger partial charge is 0.353 e. The van der Waals surface area contributed by atoms with Crippen molar-refractivity contribution in [2.24, 2.45) is 5.16 Å². The van der Waals surface area contributed by atoms with Crippen molar-refractivity contribution in [3.63, 3.8) is 0 Å². The van der Waals surface area contributed by atoms with Crippen molar-refractivity contribution >= 4 is 23.3 Å². The monoisotopic (exact) mass is 293 g/mol. The minimum absolute atomic E-state index is 0.0722. The Morgan fingerprint density at radius 1 is 1.52 bits per heavy atom. The molecule has 0 saturated carbocycles. The van der Waals surface area contributed by atoms with Gasteiger partial charge in [0.25, 0.3) is 11.6 Å². The van der Waals surface area contributed by atoms with E-state index in [-0.39, 0.29) is 24.4 Å². The molecular weight excluding hydrogens is 282 g/mol. The van der Waals surface area contributed by atoms with Crippen molar-refractivity contribution < 1.29 is 24.5 Å². The number of oxime groups is 1. The fourth-order valence-electron chi connectivity index (χ4n) is 1.73. The number of benzene rings is 1. The lowest BCUT2D eigenvalue weighted by molar-refractivity contribution is -0.384. The van der Waals surface area contributed by atoms with Crippen LogP contribution in [0.5, 0.6) is 0 Å². The molecule has 9 heteroatoms. The SMILES string of the molecule is O=C(O)C1=NOC(C(=O)NCc2cccc([N+](=O)[O-])c2)C1. The van der Waals surface area contributed by atoms with Crippen molar-refractivity contribution in [3.8, 4) is 0 Å². The quantitative estimate of drug-likeness (QED) is 0.598. The Balaban J connectivity index is 1.89. The number of nitrogens with one attached hydrogen (secondary N) is 1. The van der Waals surface area contributed by atoms with Gasteiger partial charge in [-0.1, -0.05) is 17.3 Å². The van der Waals surface area contributed by atoms with E-state index in [0.717, 1.165) is 0 Å². The largest absolute Gasteiger partial charge is 0.477 e. The topological polar surface area (TPSA) is 131 Å². The maximum atomic E-state index is 11.8. The molecule has 0 bridgehead atoms. The molecule has 0 saturated heterocycles. The fraction of sp³-hybridized carbons (Fsp3) is 0.250. The first-order valence-corrected chi connectivity index (χ1v) is 5.94. The summed E-state index contributed by atoms with van der Waals surface area (Å²) in [6.07, 6.45) is -1.11. The van der Waals surface area contributed by atoms with Crippen LogP contribution in [-0.4, -0.2) is 33.7 Å². The van der Waals surface area contributed by atoms with E-state index in [0.29, 0.717) is 5.56 Å². The number of hydrogen-bond acceptors (Lipinski definition) is 6. The van der Waals surface area contributed by atoms with Crippen LogP contribution in [0.4, 0.5) is 5.69 Å². The Hall–Kier alpha value is -2.97. The summed E-state index contributed by atoms with van der Waals surface area (Å²) >= 11 is 0. The van der Waals surface area contributed by atoms with Crippen molar-refractivity contribution in [1.29, 1.82) is 0 Å². The van der Waals surface area contributed by atoms with Crippen molar-refractivity contribution in [3.05, 3.63) is 39.9 Å². The van der Waals surface area contributed by atoms with Gasteiger partial charge in [-0.25, -0.2) is 4.79 Å². The number of hydrogen-bond donors (Lipinski definition) is 2. The van der Waals surface area contributed by atoms with Crippen LogP contribution in [-0.2, 0) is 21.0 Å². The number of nitro groups is 1. The Kier molecular flexibility index (Phi) is 4.12. The van der Waals surface area contributed by atoms with Gasteiger partial charge in [0.05, 0.1) is 4.92 Å². The van der Waals surface area contributed by atoms with Crippen LogP contribution in [0.25, 0.3) is 0 Å². The van der Waals surface area contributed by atoms with Crippen LogP contribution < -0.4 is 5.32 Å². The van der Waals surface area contributed by atoms with Crippen LogP contribution >= 0.6 is 0 Å². The summed E-state index contributed by atoms with van der Waals surface area (Å²) in [7, 11) is 0. The molecule has 1 atom stereocenters. The molecular formula is C12H11N3O6. The van der Waals surface area contributed by atoms with Gasteiger partial charge < -0.3 is 15.3 Å². The Labute approximate surface area is 118 Å². The minimum Gasteiger partial charge on any atom is -0.477 e. The molecule has 1 unspecified atom stereocenters. The number of nitrogens with zero attached hydrogens (tertiary/aromatic N) is 2. The second kappa shape index (κ2) is 5.99. The highest BCUT2D eigenvalue weighted by Crippen LogP contribution is 2.14. The summed E-state index contributed by atoms with van der Waals surface area (Å²) in [5, 5.41) is 25.1. The lowest BCUT2D eigenvalue weighted by atomic mass is 10.1. The van der Waals surface area contributed by atoms with E-state index in [2.05, 4.69) is 10.5 Å². The van der Waals surface area contributed by atoms with Gasteiger partial charge in [-0.15, -0.1) is 0 Å². The van der Waals surface area contributed by atoms with Gasteiger partial charge in [-0.3, -0.25) is 14.9 Å². The molecule has 2 N–H and O–H groups in total. The summed E-state index contributed by atoms with van der Waals surface area (Å²) in [6.45, 7) is 0.0722. The third-order valence-corrected chi connectivity index (χ3v) is 2.80. The zero-order valence-electron chi connectivity index (χ0n) is 10.7. The standard InChI is InChI=1S/C12H11N3O6/c16-11(10-5-9(12(17)18)14-21-10)13-6-7-2-1-3-8(4-7)15(19)20/h1-4,10H,5-6H2,(H,13,16)(H,17,18). The maximum Gasteiger partial charge on any atom is 0.353 e. The molecule has 2 rings (SSSR count). The fourth-order valence-corrected chi connectivity index (χ4v) is 1.73. The first kappa shape index (κ1) is 14.4. The number of aliphatic carboxylic acids is 1. The lowest BCUT2D eigenvalue weighted by Crippen LogP contribution is -2.34. The third-order valence-electron chi connectivity index (χ3n) is 2.80. The molecule has 0 aromatic heterocycles. The van der Waals surface area contributed by atoms with E-state index >= 15 is 0 Å². The molecule has 1 aromatic rings. The molecule has 0 aliphatic carbocycles. The molecule has 110 valence electrons. The summed E-state index contributed by atoms with van der Waals surface area (Å²) in [6, 6.07) is 5.83. The minimum atomic E-state index is -1.23. The van der Waals surface area contributed by atoms with E-state index < -0.39 is 22.9 Å². The molecule has 0 radical (unpaired) electrons. The molecule has 9 nitrogen and oxygen atoms in total. The summed E-state index contributed by atoms with van der Waals surface area (Å²) < 4.78 is 0. The van der Waals surface area contributed by atoms with Gasteiger partial charge in [0.2, 0.25) is 6.10 Å². The normalized spacial score (nSPS) is 16.8. The number of nitro benzene ring substituents is 1. The summed E-state index contributed by atoms with van der Waals surface area (Å²) in [5.41, 5.74) is 0.260.